The van der Waals surface area contributed by atoms with E-state index in [-0.39, 0.29) is 17.5 Å². The molecule has 0 spiro atoms. The predicted octanol–water partition coefficient (Wildman–Crippen LogP) is 3.43. The summed E-state index contributed by atoms with van der Waals surface area (Å²) >= 11 is 6.41. The van der Waals surface area contributed by atoms with Gasteiger partial charge in [0.1, 0.15) is 5.82 Å². The summed E-state index contributed by atoms with van der Waals surface area (Å²) in [5, 5.41) is 10.8. The van der Waals surface area contributed by atoms with Gasteiger partial charge < -0.3 is 10.8 Å². The van der Waals surface area contributed by atoms with E-state index in [1.807, 2.05) is 16.9 Å². The summed E-state index contributed by atoms with van der Waals surface area (Å²) in [6.07, 6.45) is 7.18. The number of hydrogen-bond donors (Lipinski definition) is 3. The molecule has 2 aliphatic rings. The van der Waals surface area contributed by atoms with Crippen molar-refractivity contribution in [2.45, 2.75) is 39.3 Å². The van der Waals surface area contributed by atoms with Crippen LogP contribution in [0, 0.1) is 5.41 Å². The second kappa shape index (κ2) is 7.04. The smallest absolute Gasteiger partial charge is 0.320 e. The molecule has 2 aliphatic heterocycles. The maximum atomic E-state index is 12.3. The summed E-state index contributed by atoms with van der Waals surface area (Å²) in [5.41, 5.74) is 9.16. The highest BCUT2D eigenvalue weighted by Gasteiger charge is 2.32. The fraction of sp³-hybridized carbons (Fsp3) is 0.500. The van der Waals surface area contributed by atoms with Gasteiger partial charge >= 0.3 is 6.03 Å². The SMILES string of the molecule is CC1(C)Cc2c(-c3cc(NC(=O)NC4CCP(N)C4)ncc3Cl)cnn2C1. The molecule has 4 heterocycles. The van der Waals surface area contributed by atoms with E-state index in [9.17, 15) is 4.79 Å². The molecule has 144 valence electrons. The molecule has 7 nitrogen and oxygen atoms in total. The van der Waals surface area contributed by atoms with Gasteiger partial charge in [0.25, 0.3) is 0 Å². The Kier molecular flexibility index (Phi) is 4.87. The van der Waals surface area contributed by atoms with Crippen LogP contribution in [-0.4, -0.2) is 39.2 Å². The highest BCUT2D eigenvalue weighted by Crippen LogP contribution is 2.39. The molecule has 2 atom stereocenters. The fourth-order valence-corrected chi connectivity index (χ4v) is 5.70. The minimum atomic E-state index is -0.424. The molecule has 4 N–H and O–H groups in total. The summed E-state index contributed by atoms with van der Waals surface area (Å²) < 4.78 is 2.04. The highest BCUT2D eigenvalue weighted by molar-refractivity contribution is 7.55. The Labute approximate surface area is 164 Å². The molecule has 2 amide bonds. The normalized spacial score (nSPS) is 23.3. The number of hydrogen-bond acceptors (Lipinski definition) is 4. The lowest BCUT2D eigenvalue weighted by Gasteiger charge is -2.15. The van der Waals surface area contributed by atoms with Gasteiger partial charge in [-0.05, 0) is 38.6 Å². The van der Waals surface area contributed by atoms with E-state index in [0.717, 1.165) is 42.8 Å². The number of nitrogens with two attached hydrogens (primary N) is 1. The molecular formula is C18H24ClN6OP. The number of carbonyl (C=O) groups is 1. The van der Waals surface area contributed by atoms with E-state index >= 15 is 0 Å². The van der Waals surface area contributed by atoms with Crippen molar-refractivity contribution in [2.75, 3.05) is 17.6 Å². The monoisotopic (exact) mass is 406 g/mol. The Hall–Kier alpha value is -1.69. The number of fused-ring (bicyclic) bond motifs is 1. The van der Waals surface area contributed by atoms with Crippen molar-refractivity contribution >= 4 is 31.5 Å². The Morgan fingerprint density at radius 3 is 2.96 bits per heavy atom. The van der Waals surface area contributed by atoms with Gasteiger partial charge in [0.2, 0.25) is 0 Å². The minimum Gasteiger partial charge on any atom is -0.335 e. The molecule has 0 radical (unpaired) electrons. The number of nitrogens with zero attached hydrogens (tertiary/aromatic N) is 3. The first kappa shape index (κ1) is 18.7. The third-order valence-electron chi connectivity index (χ3n) is 5.11. The molecule has 2 unspecified atom stereocenters. The molecule has 1 fully saturated rings. The highest BCUT2D eigenvalue weighted by atomic mass is 35.5. The maximum absolute atomic E-state index is 12.3. The summed E-state index contributed by atoms with van der Waals surface area (Å²) in [6, 6.07) is 1.71. The van der Waals surface area contributed by atoms with E-state index in [0.29, 0.717) is 10.8 Å². The summed E-state index contributed by atoms with van der Waals surface area (Å²) in [4.78, 5) is 16.5. The summed E-state index contributed by atoms with van der Waals surface area (Å²) in [7, 11) is -0.424. The Morgan fingerprint density at radius 2 is 2.22 bits per heavy atom. The van der Waals surface area contributed by atoms with Crippen LogP contribution in [-0.2, 0) is 13.0 Å². The van der Waals surface area contributed by atoms with Crippen molar-refractivity contribution in [3.8, 4) is 11.1 Å². The van der Waals surface area contributed by atoms with Crippen LogP contribution in [0.2, 0.25) is 5.02 Å². The van der Waals surface area contributed by atoms with Gasteiger partial charge in [-0.3, -0.25) is 10.00 Å². The third kappa shape index (κ3) is 3.96. The first-order valence-corrected chi connectivity index (χ1v) is 11.2. The van der Waals surface area contributed by atoms with Crippen LogP contribution in [0.3, 0.4) is 0 Å². The number of anilines is 1. The molecule has 0 bridgehead atoms. The lowest BCUT2D eigenvalue weighted by Crippen LogP contribution is -2.38. The van der Waals surface area contributed by atoms with E-state index < -0.39 is 8.07 Å². The van der Waals surface area contributed by atoms with E-state index in [4.69, 9.17) is 17.1 Å². The first-order valence-electron chi connectivity index (χ1n) is 9.08. The lowest BCUT2D eigenvalue weighted by molar-refractivity contribution is 0.249. The molecule has 2 aromatic heterocycles. The molecule has 2 aromatic rings. The number of amides is 2. The van der Waals surface area contributed by atoms with Crippen LogP contribution >= 0.6 is 19.7 Å². The zero-order valence-corrected chi connectivity index (χ0v) is 17.1. The Bertz CT molecular complexity index is 883. The average molecular weight is 407 g/mol. The molecular weight excluding hydrogens is 383 g/mol. The molecule has 1 saturated heterocycles. The van der Waals surface area contributed by atoms with Crippen molar-refractivity contribution in [3.05, 3.63) is 29.2 Å². The first-order chi connectivity index (χ1) is 12.8. The molecule has 27 heavy (non-hydrogen) atoms. The Morgan fingerprint density at radius 1 is 1.41 bits per heavy atom. The lowest BCUT2D eigenvalue weighted by atomic mass is 9.89. The van der Waals surface area contributed by atoms with Crippen molar-refractivity contribution in [1.29, 1.82) is 0 Å². The van der Waals surface area contributed by atoms with Crippen LogP contribution in [0.25, 0.3) is 11.1 Å². The fourth-order valence-electron chi connectivity index (χ4n) is 3.83. The molecule has 9 heteroatoms. The molecule has 0 aromatic carbocycles. The van der Waals surface area contributed by atoms with Gasteiger partial charge in [-0.1, -0.05) is 25.4 Å². The van der Waals surface area contributed by atoms with Crippen molar-refractivity contribution in [2.24, 2.45) is 10.9 Å². The number of urea groups is 1. The van der Waals surface area contributed by atoms with Gasteiger partial charge in [0, 0.05) is 41.8 Å². The Balaban J connectivity index is 1.52. The van der Waals surface area contributed by atoms with Crippen LogP contribution in [0.1, 0.15) is 26.0 Å². The van der Waals surface area contributed by atoms with E-state index in [2.05, 4.69) is 34.6 Å². The van der Waals surface area contributed by atoms with Crippen LogP contribution < -0.4 is 16.1 Å². The molecule has 0 saturated carbocycles. The van der Waals surface area contributed by atoms with Crippen molar-refractivity contribution in [1.82, 2.24) is 20.1 Å². The second-order valence-electron chi connectivity index (χ2n) is 8.13. The van der Waals surface area contributed by atoms with Gasteiger partial charge in [-0.2, -0.15) is 5.10 Å². The van der Waals surface area contributed by atoms with Crippen LogP contribution in [0.15, 0.2) is 18.5 Å². The summed E-state index contributed by atoms with van der Waals surface area (Å²) in [5.74, 6) is 0.470. The van der Waals surface area contributed by atoms with Crippen molar-refractivity contribution in [3.63, 3.8) is 0 Å². The quantitative estimate of drug-likeness (QED) is 0.680. The zero-order chi connectivity index (χ0) is 19.2. The number of pyridine rings is 1. The topological polar surface area (TPSA) is 97.9 Å². The largest absolute Gasteiger partial charge is 0.335 e. The van der Waals surface area contributed by atoms with Crippen LogP contribution in [0.5, 0.6) is 0 Å². The second-order valence-corrected chi connectivity index (χ2v) is 10.5. The number of aromatic nitrogens is 3. The number of rotatable bonds is 3. The summed E-state index contributed by atoms with van der Waals surface area (Å²) in [6.45, 7) is 5.35. The minimum absolute atomic E-state index is 0.147. The van der Waals surface area contributed by atoms with Crippen LogP contribution in [0.4, 0.5) is 10.6 Å². The van der Waals surface area contributed by atoms with E-state index in [1.165, 1.54) is 5.69 Å². The number of halogens is 1. The predicted molar refractivity (Wildman–Crippen MR) is 109 cm³/mol. The molecule has 4 rings (SSSR count). The maximum Gasteiger partial charge on any atom is 0.320 e. The van der Waals surface area contributed by atoms with E-state index in [1.54, 1.807) is 6.20 Å². The number of carbonyl (C=O) groups excluding carboxylic acids is 1. The van der Waals surface area contributed by atoms with Crippen molar-refractivity contribution < 1.29 is 4.79 Å². The number of nitrogens with one attached hydrogen (secondary N) is 2. The van der Waals surface area contributed by atoms with Gasteiger partial charge in [0.15, 0.2) is 0 Å². The molecule has 0 aliphatic carbocycles. The standard InChI is InChI=1S/C18H24ClN6OP/c1-18(2)6-15-13(7-22-25(15)10-18)12-5-16(21-8-14(12)19)24-17(26)23-11-3-4-27(20)9-11/h5,7-8,11H,3-4,6,9-10,20H2,1-2H3,(H2,21,23,24,26). The third-order valence-corrected chi connectivity index (χ3v) is 7.16. The zero-order valence-electron chi connectivity index (χ0n) is 15.5. The van der Waals surface area contributed by atoms with Gasteiger partial charge in [0.05, 0.1) is 11.2 Å². The average Bonchev–Trinajstić information content (AvgIpc) is 3.23. The van der Waals surface area contributed by atoms with Gasteiger partial charge in [-0.25, -0.2) is 9.78 Å². The van der Waals surface area contributed by atoms with Gasteiger partial charge in [-0.15, -0.1) is 0 Å².